The topological polar surface area (TPSA) is 18.5 Å². The number of hydrogen-bond donors (Lipinski definition) is 0. The van der Waals surface area contributed by atoms with E-state index in [0.717, 1.165) is 26.1 Å². The highest BCUT2D eigenvalue weighted by Crippen LogP contribution is 2.05. The van der Waals surface area contributed by atoms with Gasteiger partial charge in [-0.25, -0.2) is 0 Å². The van der Waals surface area contributed by atoms with Crippen molar-refractivity contribution in [2.75, 3.05) is 13.2 Å². The van der Waals surface area contributed by atoms with Crippen molar-refractivity contribution in [1.29, 1.82) is 0 Å². The van der Waals surface area contributed by atoms with Crippen LogP contribution in [-0.2, 0) is 16.1 Å². The van der Waals surface area contributed by atoms with Crippen LogP contribution in [0, 0.1) is 0 Å². The van der Waals surface area contributed by atoms with E-state index in [2.05, 4.69) is 26.0 Å². The van der Waals surface area contributed by atoms with E-state index in [1.807, 2.05) is 18.2 Å². The van der Waals surface area contributed by atoms with Crippen LogP contribution in [0.2, 0.25) is 0 Å². The van der Waals surface area contributed by atoms with Crippen LogP contribution in [-0.4, -0.2) is 19.3 Å². The van der Waals surface area contributed by atoms with E-state index in [9.17, 15) is 0 Å². The molecular weight excluding hydrogens is 200 g/mol. The molecule has 0 radical (unpaired) electrons. The van der Waals surface area contributed by atoms with Crippen molar-refractivity contribution in [3.8, 4) is 0 Å². The maximum Gasteiger partial charge on any atom is 0.0720 e. The van der Waals surface area contributed by atoms with Crippen molar-refractivity contribution in [2.24, 2.45) is 0 Å². The molecule has 0 aliphatic carbocycles. The molecule has 0 aliphatic heterocycles. The second-order valence-corrected chi connectivity index (χ2v) is 4.01. The Morgan fingerprint density at radius 1 is 1.12 bits per heavy atom. The molecule has 0 aliphatic rings. The van der Waals surface area contributed by atoms with E-state index in [0.29, 0.717) is 6.61 Å². The predicted molar refractivity (Wildman–Crippen MR) is 66.4 cm³/mol. The van der Waals surface area contributed by atoms with Crippen LogP contribution >= 0.6 is 0 Å². The lowest BCUT2D eigenvalue weighted by Gasteiger charge is -2.13. The van der Waals surface area contributed by atoms with Gasteiger partial charge in [-0.15, -0.1) is 0 Å². The van der Waals surface area contributed by atoms with Crippen molar-refractivity contribution < 1.29 is 9.47 Å². The Hall–Kier alpha value is -0.860. The lowest BCUT2D eigenvalue weighted by Crippen LogP contribution is -2.11. The zero-order chi connectivity index (χ0) is 11.6. The van der Waals surface area contributed by atoms with E-state index in [-0.39, 0.29) is 6.10 Å². The monoisotopic (exact) mass is 222 g/mol. The lowest BCUT2D eigenvalue weighted by atomic mass is 10.2. The maximum absolute atomic E-state index is 5.73. The van der Waals surface area contributed by atoms with Gasteiger partial charge in [-0.1, -0.05) is 37.3 Å². The van der Waals surface area contributed by atoms with Gasteiger partial charge in [0.2, 0.25) is 0 Å². The highest BCUT2D eigenvalue weighted by molar-refractivity contribution is 5.13. The summed E-state index contributed by atoms with van der Waals surface area (Å²) in [6.45, 7) is 6.55. The Labute approximate surface area is 98.6 Å². The second-order valence-electron chi connectivity index (χ2n) is 4.01. The molecule has 2 nitrogen and oxygen atoms in total. The second kappa shape index (κ2) is 8.31. The largest absolute Gasteiger partial charge is 0.381 e. The van der Waals surface area contributed by atoms with Crippen LogP contribution in [0.3, 0.4) is 0 Å². The number of rotatable bonds is 8. The zero-order valence-electron chi connectivity index (χ0n) is 10.3. The molecule has 0 heterocycles. The van der Waals surface area contributed by atoms with Gasteiger partial charge in [0.25, 0.3) is 0 Å². The Morgan fingerprint density at radius 2 is 1.88 bits per heavy atom. The Bertz CT molecular complexity index is 259. The number of hydrogen-bond acceptors (Lipinski definition) is 2. The first-order valence-corrected chi connectivity index (χ1v) is 6.06. The van der Waals surface area contributed by atoms with Crippen molar-refractivity contribution in [2.45, 2.75) is 39.4 Å². The number of benzene rings is 1. The molecule has 0 saturated carbocycles. The summed E-state index contributed by atoms with van der Waals surface area (Å²) in [6.07, 6.45) is 2.31. The van der Waals surface area contributed by atoms with Crippen LogP contribution in [0.4, 0.5) is 0 Å². The molecule has 0 saturated heterocycles. The van der Waals surface area contributed by atoms with Crippen molar-refractivity contribution >= 4 is 0 Å². The predicted octanol–water partition coefficient (Wildman–Crippen LogP) is 3.41. The summed E-state index contributed by atoms with van der Waals surface area (Å²) >= 11 is 0. The van der Waals surface area contributed by atoms with Crippen LogP contribution in [0.1, 0.15) is 32.3 Å². The van der Waals surface area contributed by atoms with E-state index in [1.165, 1.54) is 5.56 Å². The third-order valence-electron chi connectivity index (χ3n) is 2.39. The standard InChI is InChI=1S/C14H22O2/c1-3-10-15-11-9-13(2)16-12-14-7-5-4-6-8-14/h4-8,13H,3,9-12H2,1-2H3. The van der Waals surface area contributed by atoms with E-state index >= 15 is 0 Å². The van der Waals surface area contributed by atoms with Gasteiger partial charge in [-0.3, -0.25) is 0 Å². The van der Waals surface area contributed by atoms with Gasteiger partial charge in [-0.2, -0.15) is 0 Å². The highest BCUT2D eigenvalue weighted by atomic mass is 16.5. The highest BCUT2D eigenvalue weighted by Gasteiger charge is 2.02. The fourth-order valence-corrected chi connectivity index (χ4v) is 1.39. The summed E-state index contributed by atoms with van der Waals surface area (Å²) in [4.78, 5) is 0. The minimum absolute atomic E-state index is 0.261. The molecule has 90 valence electrons. The minimum Gasteiger partial charge on any atom is -0.381 e. The first kappa shape index (κ1) is 13.2. The van der Waals surface area contributed by atoms with Crippen molar-refractivity contribution in [1.82, 2.24) is 0 Å². The van der Waals surface area contributed by atoms with Crippen LogP contribution in [0.25, 0.3) is 0 Å². The van der Waals surface area contributed by atoms with Gasteiger partial charge in [0, 0.05) is 13.2 Å². The molecular formula is C14H22O2. The quantitative estimate of drug-likeness (QED) is 0.627. The van der Waals surface area contributed by atoms with Gasteiger partial charge in [0.15, 0.2) is 0 Å². The van der Waals surface area contributed by atoms with Crippen molar-refractivity contribution in [3.05, 3.63) is 35.9 Å². The van der Waals surface area contributed by atoms with E-state index in [4.69, 9.17) is 9.47 Å². The molecule has 1 atom stereocenters. The summed E-state index contributed by atoms with van der Waals surface area (Å²) < 4.78 is 11.2. The summed E-state index contributed by atoms with van der Waals surface area (Å²) in [7, 11) is 0. The molecule has 0 spiro atoms. The third-order valence-corrected chi connectivity index (χ3v) is 2.39. The summed E-state index contributed by atoms with van der Waals surface area (Å²) in [6, 6.07) is 10.3. The zero-order valence-corrected chi connectivity index (χ0v) is 10.3. The first-order chi connectivity index (χ1) is 7.83. The molecule has 1 rings (SSSR count). The Morgan fingerprint density at radius 3 is 2.56 bits per heavy atom. The first-order valence-electron chi connectivity index (χ1n) is 6.06. The Kier molecular flexibility index (Phi) is 6.86. The molecule has 2 heteroatoms. The van der Waals surface area contributed by atoms with Crippen LogP contribution in [0.5, 0.6) is 0 Å². The van der Waals surface area contributed by atoms with Gasteiger partial charge in [0.1, 0.15) is 0 Å². The molecule has 0 fully saturated rings. The van der Waals surface area contributed by atoms with Crippen molar-refractivity contribution in [3.63, 3.8) is 0 Å². The fourth-order valence-electron chi connectivity index (χ4n) is 1.39. The molecule has 1 unspecified atom stereocenters. The Balaban J connectivity index is 2.08. The molecule has 0 aromatic heterocycles. The van der Waals surface area contributed by atoms with Gasteiger partial charge in [0.05, 0.1) is 12.7 Å². The normalized spacial score (nSPS) is 12.6. The van der Waals surface area contributed by atoms with Gasteiger partial charge < -0.3 is 9.47 Å². The molecule has 1 aromatic carbocycles. The average molecular weight is 222 g/mol. The lowest BCUT2D eigenvalue weighted by molar-refractivity contribution is 0.0222. The minimum atomic E-state index is 0.261. The number of ether oxygens (including phenoxy) is 2. The smallest absolute Gasteiger partial charge is 0.0720 e. The van der Waals surface area contributed by atoms with E-state index in [1.54, 1.807) is 0 Å². The van der Waals surface area contributed by atoms with E-state index < -0.39 is 0 Å². The van der Waals surface area contributed by atoms with Crippen LogP contribution in [0.15, 0.2) is 30.3 Å². The third kappa shape index (κ3) is 5.89. The SMILES string of the molecule is CCCOCCC(C)OCc1ccccc1. The molecule has 16 heavy (non-hydrogen) atoms. The van der Waals surface area contributed by atoms with Crippen LogP contribution < -0.4 is 0 Å². The molecule has 0 amide bonds. The summed E-state index contributed by atoms with van der Waals surface area (Å²) in [5, 5.41) is 0. The summed E-state index contributed by atoms with van der Waals surface area (Å²) in [5.41, 5.74) is 1.23. The fraction of sp³-hybridized carbons (Fsp3) is 0.571. The summed E-state index contributed by atoms with van der Waals surface area (Å²) in [5.74, 6) is 0. The molecule has 0 bridgehead atoms. The average Bonchev–Trinajstić information content (AvgIpc) is 2.33. The maximum atomic E-state index is 5.73. The van der Waals surface area contributed by atoms with Gasteiger partial charge >= 0.3 is 0 Å². The molecule has 0 N–H and O–H groups in total. The molecule has 1 aromatic rings. The van der Waals surface area contributed by atoms with Gasteiger partial charge in [-0.05, 0) is 25.3 Å².